The van der Waals surface area contributed by atoms with E-state index in [-0.39, 0.29) is 17.1 Å². The van der Waals surface area contributed by atoms with Crippen LogP contribution in [0.1, 0.15) is 40.2 Å². The van der Waals surface area contributed by atoms with Gasteiger partial charge in [0.25, 0.3) is 5.91 Å². The van der Waals surface area contributed by atoms with E-state index in [1.165, 1.54) is 0 Å². The van der Waals surface area contributed by atoms with Gasteiger partial charge in [-0.2, -0.15) is 0 Å². The van der Waals surface area contributed by atoms with Crippen molar-refractivity contribution in [2.45, 2.75) is 52.7 Å². The summed E-state index contributed by atoms with van der Waals surface area (Å²) in [5.41, 5.74) is 2.48. The molecule has 118 valence electrons. The fourth-order valence-corrected chi connectivity index (χ4v) is 2.23. The highest BCUT2D eigenvalue weighted by Gasteiger charge is 2.52. The Balaban J connectivity index is 2.21. The van der Waals surface area contributed by atoms with E-state index in [0.29, 0.717) is 5.57 Å². The van der Waals surface area contributed by atoms with Crippen molar-refractivity contribution in [1.82, 2.24) is 0 Å². The number of nitrogens with one attached hydrogen (secondary N) is 1. The predicted molar refractivity (Wildman–Crippen MR) is 90.3 cm³/mol. The predicted octanol–water partition coefficient (Wildman–Crippen LogP) is 2.81. The van der Waals surface area contributed by atoms with Crippen molar-refractivity contribution in [2.24, 2.45) is 0 Å². The number of benzene rings is 1. The molecule has 0 unspecified atom stereocenters. The van der Waals surface area contributed by atoms with Crippen LogP contribution < -0.4 is 10.8 Å². The lowest BCUT2D eigenvalue weighted by molar-refractivity contribution is -0.112. The Kier molecular flexibility index (Phi) is 4.24. The minimum Gasteiger partial charge on any atom is -0.399 e. The lowest BCUT2D eigenvalue weighted by Gasteiger charge is -2.32. The average Bonchev–Trinajstić information content (AvgIpc) is 2.58. The molecule has 0 bridgehead atoms. The van der Waals surface area contributed by atoms with Gasteiger partial charge < -0.3 is 14.6 Å². The molecule has 0 atom stereocenters. The van der Waals surface area contributed by atoms with Gasteiger partial charge in [0.05, 0.1) is 11.2 Å². The number of hydrogen-bond acceptors (Lipinski definition) is 3. The van der Waals surface area contributed by atoms with Gasteiger partial charge in [-0.25, -0.2) is 0 Å². The average molecular weight is 301 g/mol. The normalized spacial score (nSPS) is 19.1. The van der Waals surface area contributed by atoms with Crippen LogP contribution in [-0.2, 0) is 14.1 Å². The number of hydrogen-bond donors (Lipinski definition) is 1. The van der Waals surface area contributed by atoms with Crippen molar-refractivity contribution in [2.75, 3.05) is 5.32 Å². The molecule has 1 N–H and O–H groups in total. The summed E-state index contributed by atoms with van der Waals surface area (Å²) in [6, 6.07) is 5.71. The van der Waals surface area contributed by atoms with Gasteiger partial charge in [0.2, 0.25) is 0 Å². The zero-order chi connectivity index (χ0) is 16.7. The van der Waals surface area contributed by atoms with Gasteiger partial charge in [-0.05, 0) is 64.7 Å². The second-order valence-electron chi connectivity index (χ2n) is 6.89. The molecule has 1 aliphatic rings. The molecule has 1 heterocycles. The second-order valence-corrected chi connectivity index (χ2v) is 6.89. The maximum Gasteiger partial charge on any atom is 0.495 e. The van der Waals surface area contributed by atoms with Crippen LogP contribution in [-0.4, -0.2) is 24.2 Å². The first-order valence-corrected chi connectivity index (χ1v) is 7.46. The molecule has 0 radical (unpaired) electrons. The molecule has 1 fully saturated rings. The Morgan fingerprint density at radius 2 is 1.73 bits per heavy atom. The zero-order valence-electron chi connectivity index (χ0n) is 14.2. The largest absolute Gasteiger partial charge is 0.495 e. The summed E-state index contributed by atoms with van der Waals surface area (Å²) in [5, 5.41) is 2.81. The topological polar surface area (TPSA) is 47.6 Å². The summed E-state index contributed by atoms with van der Waals surface area (Å²) in [7, 11) is -0.393. The van der Waals surface area contributed by atoms with Crippen LogP contribution in [0.4, 0.5) is 5.69 Å². The van der Waals surface area contributed by atoms with E-state index < -0.39 is 7.12 Å². The van der Waals surface area contributed by atoms with Crippen molar-refractivity contribution < 1.29 is 14.1 Å². The van der Waals surface area contributed by atoms with Gasteiger partial charge in [0.1, 0.15) is 0 Å². The molecule has 1 amide bonds. The van der Waals surface area contributed by atoms with Crippen LogP contribution in [0.3, 0.4) is 0 Å². The molecule has 22 heavy (non-hydrogen) atoms. The monoisotopic (exact) mass is 301 g/mol. The van der Waals surface area contributed by atoms with Crippen molar-refractivity contribution in [3.8, 4) is 0 Å². The van der Waals surface area contributed by atoms with E-state index in [9.17, 15) is 4.79 Å². The van der Waals surface area contributed by atoms with Gasteiger partial charge in [-0.15, -0.1) is 0 Å². The van der Waals surface area contributed by atoms with Crippen LogP contribution in [0.25, 0.3) is 0 Å². The van der Waals surface area contributed by atoms with Crippen LogP contribution in [0.5, 0.6) is 0 Å². The second kappa shape index (κ2) is 5.56. The minimum absolute atomic E-state index is 0.178. The maximum atomic E-state index is 11.7. The third kappa shape index (κ3) is 3.10. The van der Waals surface area contributed by atoms with Gasteiger partial charge in [-0.3, -0.25) is 4.79 Å². The van der Waals surface area contributed by atoms with Crippen molar-refractivity contribution in [3.05, 3.63) is 35.9 Å². The standard InChI is InChI=1S/C17H24BNO3/c1-11(2)15(20)19-13-8-9-14(12(3)10-13)18-21-16(4,5)17(6,7)22-18/h8-10H,1H2,2-7H3,(H,19,20). The molecule has 1 aromatic rings. The Hall–Kier alpha value is -1.59. The summed E-state index contributed by atoms with van der Waals surface area (Å²) in [6.07, 6.45) is 0. The molecule has 4 nitrogen and oxygen atoms in total. The third-order valence-corrected chi connectivity index (χ3v) is 4.42. The van der Waals surface area contributed by atoms with Crippen molar-refractivity contribution in [1.29, 1.82) is 0 Å². The Bertz CT molecular complexity index is 606. The summed E-state index contributed by atoms with van der Waals surface area (Å²) in [5.74, 6) is -0.178. The number of aryl methyl sites for hydroxylation is 1. The maximum absolute atomic E-state index is 11.7. The molecule has 0 aliphatic carbocycles. The number of anilines is 1. The number of rotatable bonds is 3. The highest BCUT2D eigenvalue weighted by molar-refractivity contribution is 6.62. The quantitative estimate of drug-likeness (QED) is 0.690. The van der Waals surface area contributed by atoms with Gasteiger partial charge in [-0.1, -0.05) is 12.6 Å². The zero-order valence-corrected chi connectivity index (χ0v) is 14.2. The summed E-state index contributed by atoms with van der Waals surface area (Å²) in [6.45, 7) is 15.4. The summed E-state index contributed by atoms with van der Waals surface area (Å²) in [4.78, 5) is 11.7. The van der Waals surface area contributed by atoms with E-state index in [1.807, 2.05) is 52.8 Å². The highest BCUT2D eigenvalue weighted by atomic mass is 16.7. The minimum atomic E-state index is -0.393. The van der Waals surface area contributed by atoms with Crippen LogP contribution >= 0.6 is 0 Å². The van der Waals surface area contributed by atoms with Gasteiger partial charge in [0, 0.05) is 11.3 Å². The Labute approximate surface area is 133 Å². The van der Waals surface area contributed by atoms with Crippen LogP contribution in [0.2, 0.25) is 0 Å². The molecule has 1 aliphatic heterocycles. The fraction of sp³-hybridized carbons (Fsp3) is 0.471. The summed E-state index contributed by atoms with van der Waals surface area (Å²) < 4.78 is 12.1. The molecule has 0 spiro atoms. The lowest BCUT2D eigenvalue weighted by atomic mass is 9.76. The molecule has 1 aromatic carbocycles. The van der Waals surface area contributed by atoms with Crippen molar-refractivity contribution >= 4 is 24.2 Å². The number of carbonyl (C=O) groups excluding carboxylic acids is 1. The van der Waals surface area contributed by atoms with E-state index in [2.05, 4.69) is 11.9 Å². The van der Waals surface area contributed by atoms with E-state index in [4.69, 9.17) is 9.31 Å². The van der Waals surface area contributed by atoms with E-state index in [1.54, 1.807) is 6.92 Å². The molecule has 5 heteroatoms. The number of carbonyl (C=O) groups is 1. The van der Waals surface area contributed by atoms with Crippen LogP contribution in [0, 0.1) is 6.92 Å². The Morgan fingerprint density at radius 1 is 1.18 bits per heavy atom. The van der Waals surface area contributed by atoms with Gasteiger partial charge >= 0.3 is 7.12 Å². The first kappa shape index (κ1) is 16.8. The first-order chi connectivity index (χ1) is 10.0. The van der Waals surface area contributed by atoms with E-state index in [0.717, 1.165) is 16.7 Å². The first-order valence-electron chi connectivity index (χ1n) is 7.46. The van der Waals surface area contributed by atoms with Crippen molar-refractivity contribution in [3.63, 3.8) is 0 Å². The molecular weight excluding hydrogens is 277 g/mol. The molecule has 0 aromatic heterocycles. The molecule has 0 saturated carbocycles. The molecule has 1 saturated heterocycles. The Morgan fingerprint density at radius 3 is 2.18 bits per heavy atom. The third-order valence-electron chi connectivity index (χ3n) is 4.42. The van der Waals surface area contributed by atoms with E-state index >= 15 is 0 Å². The SMILES string of the molecule is C=C(C)C(=O)Nc1ccc(B2OC(C)(C)C(C)(C)O2)c(C)c1. The summed E-state index contributed by atoms with van der Waals surface area (Å²) >= 11 is 0. The van der Waals surface area contributed by atoms with Crippen LogP contribution in [0.15, 0.2) is 30.4 Å². The molecule has 2 rings (SSSR count). The highest BCUT2D eigenvalue weighted by Crippen LogP contribution is 2.36. The smallest absolute Gasteiger partial charge is 0.399 e. The molecular formula is C17H24BNO3. The lowest BCUT2D eigenvalue weighted by Crippen LogP contribution is -2.41. The number of amides is 1. The van der Waals surface area contributed by atoms with Gasteiger partial charge in [0.15, 0.2) is 0 Å². The fourth-order valence-electron chi connectivity index (χ4n) is 2.23.